The summed E-state index contributed by atoms with van der Waals surface area (Å²) in [5.74, 6) is -0.540. The van der Waals surface area contributed by atoms with Gasteiger partial charge in [-0.3, -0.25) is 4.79 Å². The largest absolute Gasteiger partial charge is 0.290 e. The summed E-state index contributed by atoms with van der Waals surface area (Å²) in [6.07, 6.45) is 2.05. The second-order valence-electron chi connectivity index (χ2n) is 4.11. The summed E-state index contributed by atoms with van der Waals surface area (Å²) in [5, 5.41) is 4.22. The molecule has 0 aliphatic carbocycles. The lowest BCUT2D eigenvalue weighted by Gasteiger charge is -2.06. The Balaban J connectivity index is 2.24. The number of carbonyl (C=O) groups excluding carboxylic acids is 1. The summed E-state index contributed by atoms with van der Waals surface area (Å²) < 4.78 is 15.1. The highest BCUT2D eigenvalue weighted by atomic mass is 35.5. The third kappa shape index (κ3) is 2.98. The highest BCUT2D eigenvalue weighted by Gasteiger charge is 2.18. The molecule has 1 heterocycles. The number of halogens is 2. The minimum Gasteiger partial charge on any atom is -0.290 e. The Hall–Kier alpha value is -1.75. The molecule has 0 amide bonds. The van der Waals surface area contributed by atoms with E-state index in [-0.39, 0.29) is 28.6 Å². The monoisotopic (exact) mass is 281 g/mol. The summed E-state index contributed by atoms with van der Waals surface area (Å²) in [6.45, 7) is 2.58. The van der Waals surface area contributed by atoms with E-state index in [1.165, 1.54) is 23.1 Å². The Morgan fingerprint density at radius 3 is 2.95 bits per heavy atom. The molecule has 0 saturated carbocycles. The molecule has 0 aliphatic heterocycles. The van der Waals surface area contributed by atoms with Crippen LogP contribution in [-0.4, -0.2) is 20.5 Å². The van der Waals surface area contributed by atoms with Gasteiger partial charge < -0.3 is 0 Å². The number of nitrogens with zero attached hydrogens (tertiary/aromatic N) is 3. The highest BCUT2D eigenvalue weighted by molar-refractivity contribution is 6.31. The first kappa shape index (κ1) is 13.7. The van der Waals surface area contributed by atoms with E-state index in [0.717, 1.165) is 6.42 Å². The number of hydrogen-bond acceptors (Lipinski definition) is 3. The van der Waals surface area contributed by atoms with Crippen molar-refractivity contribution in [2.24, 2.45) is 0 Å². The maximum absolute atomic E-state index is 13.6. The van der Waals surface area contributed by atoms with Gasteiger partial charge in [-0.25, -0.2) is 14.1 Å². The number of ketones is 1. The van der Waals surface area contributed by atoms with Gasteiger partial charge in [0.15, 0.2) is 5.82 Å². The number of aromatic nitrogens is 3. The number of Topliss-reactive ketones (excluding diaryl/α,β-unsaturated/α-hetero) is 1. The highest BCUT2D eigenvalue weighted by Crippen LogP contribution is 2.20. The zero-order valence-electron chi connectivity index (χ0n) is 10.4. The smallest absolute Gasteiger partial charge is 0.204 e. The van der Waals surface area contributed by atoms with Crippen molar-refractivity contribution in [1.82, 2.24) is 14.8 Å². The maximum Gasteiger partial charge on any atom is 0.204 e. The van der Waals surface area contributed by atoms with Crippen LogP contribution in [0.4, 0.5) is 4.39 Å². The third-order valence-corrected chi connectivity index (χ3v) is 3.05. The zero-order valence-corrected chi connectivity index (χ0v) is 11.2. The van der Waals surface area contributed by atoms with Crippen LogP contribution in [0.25, 0.3) is 0 Å². The number of benzene rings is 1. The van der Waals surface area contributed by atoms with Gasteiger partial charge in [0.25, 0.3) is 0 Å². The first-order valence-electron chi connectivity index (χ1n) is 5.97. The molecule has 0 radical (unpaired) electrons. The number of hydrogen-bond donors (Lipinski definition) is 0. The Morgan fingerprint density at radius 2 is 2.26 bits per heavy atom. The van der Waals surface area contributed by atoms with Gasteiger partial charge in [0.1, 0.15) is 12.1 Å². The lowest BCUT2D eigenvalue weighted by Crippen LogP contribution is -2.14. The van der Waals surface area contributed by atoms with Crippen molar-refractivity contribution in [2.45, 2.75) is 26.3 Å². The van der Waals surface area contributed by atoms with Crippen LogP contribution in [0.5, 0.6) is 0 Å². The van der Waals surface area contributed by atoms with Gasteiger partial charge in [0.05, 0.1) is 0 Å². The van der Waals surface area contributed by atoms with Gasteiger partial charge in [-0.1, -0.05) is 24.6 Å². The Morgan fingerprint density at radius 1 is 1.47 bits per heavy atom. The van der Waals surface area contributed by atoms with Crippen LogP contribution >= 0.6 is 11.6 Å². The topological polar surface area (TPSA) is 47.8 Å². The van der Waals surface area contributed by atoms with Crippen LogP contribution < -0.4 is 0 Å². The average Bonchev–Trinajstić information content (AvgIpc) is 2.83. The van der Waals surface area contributed by atoms with E-state index in [1.807, 2.05) is 6.92 Å². The van der Waals surface area contributed by atoms with Gasteiger partial charge in [-0.05, 0) is 18.6 Å². The molecule has 0 aliphatic rings. The quantitative estimate of drug-likeness (QED) is 0.792. The van der Waals surface area contributed by atoms with E-state index >= 15 is 0 Å². The van der Waals surface area contributed by atoms with Crippen LogP contribution in [0.15, 0.2) is 24.5 Å². The zero-order chi connectivity index (χ0) is 13.8. The van der Waals surface area contributed by atoms with Crippen molar-refractivity contribution in [1.29, 1.82) is 0 Å². The first-order chi connectivity index (χ1) is 9.13. The number of aryl methyl sites for hydroxylation is 1. The van der Waals surface area contributed by atoms with E-state index in [9.17, 15) is 9.18 Å². The fraction of sp³-hybridized carbons (Fsp3) is 0.308. The lowest BCUT2D eigenvalue weighted by atomic mass is 10.1. The van der Waals surface area contributed by atoms with Crippen LogP contribution in [0, 0.1) is 5.82 Å². The molecule has 0 bridgehead atoms. The molecule has 0 N–H and O–H groups in total. The molecule has 0 saturated heterocycles. The molecule has 0 fully saturated rings. The summed E-state index contributed by atoms with van der Waals surface area (Å²) in [6, 6.07) is 4.35. The molecule has 0 spiro atoms. The van der Waals surface area contributed by atoms with Crippen molar-refractivity contribution in [2.75, 3.05) is 0 Å². The summed E-state index contributed by atoms with van der Waals surface area (Å²) in [5.41, 5.74) is 0.195. The van der Waals surface area contributed by atoms with Crippen LogP contribution in [0.2, 0.25) is 5.02 Å². The van der Waals surface area contributed by atoms with Crippen molar-refractivity contribution >= 4 is 17.4 Å². The molecule has 2 rings (SSSR count). The van der Waals surface area contributed by atoms with E-state index in [0.29, 0.717) is 6.54 Å². The summed E-state index contributed by atoms with van der Waals surface area (Å²) in [4.78, 5) is 16.1. The average molecular weight is 282 g/mol. The minimum absolute atomic E-state index is 0.117. The van der Waals surface area contributed by atoms with Crippen molar-refractivity contribution in [3.63, 3.8) is 0 Å². The molecule has 0 unspecified atom stereocenters. The molecular formula is C13H13ClFN3O. The van der Waals surface area contributed by atoms with Crippen molar-refractivity contribution < 1.29 is 9.18 Å². The molecule has 1 aromatic carbocycles. The number of carbonyl (C=O) groups is 1. The maximum atomic E-state index is 13.6. The van der Waals surface area contributed by atoms with E-state index in [1.54, 1.807) is 6.07 Å². The molecule has 1 aromatic heterocycles. The van der Waals surface area contributed by atoms with E-state index in [4.69, 9.17) is 11.6 Å². The fourth-order valence-electron chi connectivity index (χ4n) is 1.80. The van der Waals surface area contributed by atoms with E-state index < -0.39 is 5.82 Å². The summed E-state index contributed by atoms with van der Waals surface area (Å²) in [7, 11) is 0. The minimum atomic E-state index is -0.484. The Bertz CT molecular complexity index is 577. The molecule has 6 heteroatoms. The van der Waals surface area contributed by atoms with Gasteiger partial charge in [-0.15, -0.1) is 0 Å². The predicted octanol–water partition coefficient (Wildman–Crippen LogP) is 2.91. The van der Waals surface area contributed by atoms with E-state index in [2.05, 4.69) is 10.1 Å². The molecule has 19 heavy (non-hydrogen) atoms. The first-order valence-corrected chi connectivity index (χ1v) is 6.35. The normalized spacial score (nSPS) is 10.7. The second-order valence-corrected chi connectivity index (χ2v) is 4.51. The SMILES string of the molecule is CCCn1ncnc1C(=O)Cc1c(F)cccc1Cl. The van der Waals surface area contributed by atoms with Crippen LogP contribution in [-0.2, 0) is 13.0 Å². The lowest BCUT2D eigenvalue weighted by molar-refractivity contribution is 0.0976. The van der Waals surface area contributed by atoms with Crippen molar-refractivity contribution in [3.05, 3.63) is 46.8 Å². The van der Waals surface area contributed by atoms with Gasteiger partial charge in [-0.2, -0.15) is 5.10 Å². The third-order valence-electron chi connectivity index (χ3n) is 2.70. The number of rotatable bonds is 5. The molecular weight excluding hydrogens is 269 g/mol. The predicted molar refractivity (Wildman–Crippen MR) is 69.8 cm³/mol. The summed E-state index contributed by atoms with van der Waals surface area (Å²) >= 11 is 5.90. The Kier molecular flexibility index (Phi) is 4.27. The van der Waals surface area contributed by atoms with Crippen LogP contribution in [0.3, 0.4) is 0 Å². The van der Waals surface area contributed by atoms with Gasteiger partial charge in [0.2, 0.25) is 5.78 Å². The molecule has 4 nitrogen and oxygen atoms in total. The Labute approximate surface area is 115 Å². The van der Waals surface area contributed by atoms with Crippen molar-refractivity contribution in [3.8, 4) is 0 Å². The molecule has 0 atom stereocenters. The van der Waals surface area contributed by atoms with Gasteiger partial charge >= 0.3 is 0 Å². The molecule has 100 valence electrons. The second kappa shape index (κ2) is 5.93. The molecule has 2 aromatic rings. The van der Waals surface area contributed by atoms with Crippen LogP contribution in [0.1, 0.15) is 29.5 Å². The fourth-order valence-corrected chi connectivity index (χ4v) is 2.03. The standard InChI is InChI=1S/C13H13ClFN3O/c1-2-6-18-13(16-8-17-18)12(19)7-9-10(14)4-3-5-11(9)15/h3-5,8H,2,6-7H2,1H3. The van der Waals surface area contributed by atoms with Gasteiger partial charge in [0, 0.05) is 23.6 Å².